The molecule has 0 aliphatic rings. The molecule has 0 amide bonds. The quantitative estimate of drug-likeness (QED) is 0.655. The lowest BCUT2D eigenvalue weighted by Gasteiger charge is -1.95. The third-order valence-electron chi connectivity index (χ3n) is 1.85. The van der Waals surface area contributed by atoms with Crippen molar-refractivity contribution in [3.63, 3.8) is 0 Å². The molecule has 1 radical (unpaired) electrons. The van der Waals surface area contributed by atoms with Gasteiger partial charge in [0.25, 0.3) is 0 Å². The molecule has 0 N–H and O–H groups in total. The Kier molecular flexibility index (Phi) is 1.85. The van der Waals surface area contributed by atoms with Gasteiger partial charge in [-0.3, -0.25) is 4.68 Å². The lowest BCUT2D eigenvalue weighted by molar-refractivity contribution is 0.715. The summed E-state index contributed by atoms with van der Waals surface area (Å²) in [6.45, 7) is 3.82. The van der Waals surface area contributed by atoms with Crippen molar-refractivity contribution < 1.29 is 0 Å². The Bertz CT molecular complexity index is 400. The summed E-state index contributed by atoms with van der Waals surface area (Å²) in [7, 11) is 1.85. The molecule has 0 saturated heterocycles. The first-order valence-corrected chi connectivity index (χ1v) is 4.04. The Morgan fingerprint density at radius 1 is 1.23 bits per heavy atom. The van der Waals surface area contributed by atoms with E-state index in [2.05, 4.69) is 17.2 Å². The van der Waals surface area contributed by atoms with Crippen molar-refractivity contribution in [2.45, 2.75) is 0 Å². The van der Waals surface area contributed by atoms with Gasteiger partial charge in [0.1, 0.15) is 5.69 Å². The molecule has 0 bridgehead atoms. The second kappa shape index (κ2) is 3.01. The SMILES string of the molecule is [CH2]c1ccc(-c2cn(C)nn2)cc1. The number of rotatable bonds is 1. The number of hydrogen-bond donors (Lipinski definition) is 0. The van der Waals surface area contributed by atoms with Gasteiger partial charge < -0.3 is 0 Å². The largest absolute Gasteiger partial charge is 0.255 e. The van der Waals surface area contributed by atoms with E-state index in [1.54, 1.807) is 4.68 Å². The van der Waals surface area contributed by atoms with Gasteiger partial charge in [-0.1, -0.05) is 29.5 Å². The van der Waals surface area contributed by atoms with Crippen molar-refractivity contribution in [2.24, 2.45) is 7.05 Å². The lowest BCUT2D eigenvalue weighted by atomic mass is 10.1. The Morgan fingerprint density at radius 3 is 2.46 bits per heavy atom. The predicted octanol–water partition coefficient (Wildman–Crippen LogP) is 1.66. The molecule has 2 aromatic rings. The van der Waals surface area contributed by atoms with Crippen LogP contribution in [0.15, 0.2) is 30.5 Å². The molecule has 3 heteroatoms. The number of aromatic nitrogens is 3. The van der Waals surface area contributed by atoms with E-state index in [-0.39, 0.29) is 0 Å². The van der Waals surface area contributed by atoms with E-state index in [4.69, 9.17) is 0 Å². The van der Waals surface area contributed by atoms with Gasteiger partial charge in [0.05, 0.1) is 6.20 Å². The zero-order chi connectivity index (χ0) is 9.26. The lowest BCUT2D eigenvalue weighted by Crippen LogP contribution is -1.85. The maximum atomic E-state index is 4.01. The van der Waals surface area contributed by atoms with Crippen LogP contribution in [0, 0.1) is 6.92 Å². The second-order valence-corrected chi connectivity index (χ2v) is 2.97. The van der Waals surface area contributed by atoms with Crippen LogP contribution in [-0.4, -0.2) is 15.0 Å². The average Bonchev–Trinajstić information content (AvgIpc) is 2.53. The van der Waals surface area contributed by atoms with Gasteiger partial charge in [0.2, 0.25) is 0 Å². The molecule has 0 atom stereocenters. The minimum atomic E-state index is 0.891. The van der Waals surface area contributed by atoms with Crippen LogP contribution >= 0.6 is 0 Å². The molecule has 0 fully saturated rings. The highest BCUT2D eigenvalue weighted by atomic mass is 15.4. The molecule has 2 rings (SSSR count). The third kappa shape index (κ3) is 1.59. The van der Waals surface area contributed by atoms with E-state index in [0.717, 1.165) is 16.8 Å². The molecule has 1 aromatic carbocycles. The maximum Gasteiger partial charge on any atom is 0.113 e. The molecule has 0 aliphatic carbocycles. The van der Waals surface area contributed by atoms with Crippen LogP contribution in [0.25, 0.3) is 11.3 Å². The van der Waals surface area contributed by atoms with E-state index in [9.17, 15) is 0 Å². The average molecular weight is 172 g/mol. The van der Waals surface area contributed by atoms with Crippen LogP contribution in [0.4, 0.5) is 0 Å². The number of benzene rings is 1. The summed E-state index contributed by atoms with van der Waals surface area (Å²) in [6.07, 6.45) is 1.89. The Balaban J connectivity index is 2.41. The topological polar surface area (TPSA) is 30.7 Å². The Hall–Kier alpha value is -1.64. The normalized spacial score (nSPS) is 10.3. The van der Waals surface area contributed by atoms with Gasteiger partial charge in [0.15, 0.2) is 0 Å². The molecule has 65 valence electrons. The minimum Gasteiger partial charge on any atom is -0.255 e. The fourth-order valence-electron chi connectivity index (χ4n) is 1.16. The zero-order valence-electron chi connectivity index (χ0n) is 7.44. The molecule has 1 aromatic heterocycles. The van der Waals surface area contributed by atoms with Gasteiger partial charge in [-0.05, 0) is 12.5 Å². The molecule has 0 spiro atoms. The van der Waals surface area contributed by atoms with Crippen LogP contribution in [0.5, 0.6) is 0 Å². The van der Waals surface area contributed by atoms with Crippen molar-refractivity contribution in [1.82, 2.24) is 15.0 Å². The van der Waals surface area contributed by atoms with E-state index in [0.29, 0.717) is 0 Å². The van der Waals surface area contributed by atoms with E-state index < -0.39 is 0 Å². The summed E-state index contributed by atoms with van der Waals surface area (Å²) in [5, 5.41) is 7.87. The van der Waals surface area contributed by atoms with Crippen molar-refractivity contribution in [1.29, 1.82) is 0 Å². The van der Waals surface area contributed by atoms with Crippen LogP contribution in [0.1, 0.15) is 5.56 Å². The maximum absolute atomic E-state index is 4.01. The van der Waals surface area contributed by atoms with E-state index in [1.165, 1.54) is 0 Å². The summed E-state index contributed by atoms with van der Waals surface area (Å²) < 4.78 is 1.69. The number of hydrogen-bond acceptors (Lipinski definition) is 2. The van der Waals surface area contributed by atoms with Crippen molar-refractivity contribution in [3.05, 3.63) is 42.9 Å². The molecule has 0 saturated carbocycles. The van der Waals surface area contributed by atoms with Crippen molar-refractivity contribution in [2.75, 3.05) is 0 Å². The first-order valence-electron chi connectivity index (χ1n) is 4.04. The molecule has 1 heterocycles. The van der Waals surface area contributed by atoms with Crippen LogP contribution in [0.2, 0.25) is 0 Å². The van der Waals surface area contributed by atoms with Gasteiger partial charge in [-0.25, -0.2) is 0 Å². The second-order valence-electron chi connectivity index (χ2n) is 2.97. The van der Waals surface area contributed by atoms with Crippen LogP contribution in [-0.2, 0) is 7.05 Å². The van der Waals surface area contributed by atoms with Crippen LogP contribution in [0.3, 0.4) is 0 Å². The smallest absolute Gasteiger partial charge is 0.113 e. The molecule has 13 heavy (non-hydrogen) atoms. The Morgan fingerprint density at radius 2 is 1.92 bits per heavy atom. The summed E-state index contributed by atoms with van der Waals surface area (Å²) in [6, 6.07) is 7.91. The molecular weight excluding hydrogens is 162 g/mol. The molecule has 0 aliphatic heterocycles. The predicted molar refractivity (Wildman–Crippen MR) is 50.9 cm³/mol. The van der Waals surface area contributed by atoms with Gasteiger partial charge in [-0.2, -0.15) is 0 Å². The van der Waals surface area contributed by atoms with Crippen LogP contribution < -0.4 is 0 Å². The molecule has 3 nitrogen and oxygen atoms in total. The van der Waals surface area contributed by atoms with Gasteiger partial charge in [0, 0.05) is 12.6 Å². The standard InChI is InChI=1S/C10H10N3/c1-8-3-5-9(6-4-8)10-7-13(2)12-11-10/h3-7H,1H2,2H3. The summed E-state index contributed by atoms with van der Waals surface area (Å²) >= 11 is 0. The van der Waals surface area contributed by atoms with E-state index in [1.807, 2.05) is 37.5 Å². The summed E-state index contributed by atoms with van der Waals surface area (Å²) in [5.74, 6) is 0. The molecule has 0 unspecified atom stereocenters. The Labute approximate surface area is 77.0 Å². The first kappa shape index (κ1) is 7.98. The van der Waals surface area contributed by atoms with Crippen molar-refractivity contribution >= 4 is 0 Å². The summed E-state index contributed by atoms with van der Waals surface area (Å²) in [5.41, 5.74) is 2.97. The monoisotopic (exact) mass is 172 g/mol. The highest BCUT2D eigenvalue weighted by molar-refractivity contribution is 5.58. The fraction of sp³-hybridized carbons (Fsp3) is 0.100. The van der Waals surface area contributed by atoms with E-state index >= 15 is 0 Å². The number of aryl methyl sites for hydroxylation is 1. The third-order valence-corrected chi connectivity index (χ3v) is 1.85. The number of nitrogens with zero attached hydrogens (tertiary/aromatic N) is 3. The highest BCUT2D eigenvalue weighted by Crippen LogP contribution is 2.15. The highest BCUT2D eigenvalue weighted by Gasteiger charge is 2.00. The summed E-state index contributed by atoms with van der Waals surface area (Å²) in [4.78, 5) is 0. The zero-order valence-corrected chi connectivity index (χ0v) is 7.44. The molecular formula is C10H10N3. The van der Waals surface area contributed by atoms with Gasteiger partial charge >= 0.3 is 0 Å². The first-order chi connectivity index (χ1) is 6.25. The van der Waals surface area contributed by atoms with Crippen molar-refractivity contribution in [3.8, 4) is 11.3 Å². The fourth-order valence-corrected chi connectivity index (χ4v) is 1.16. The van der Waals surface area contributed by atoms with Gasteiger partial charge in [-0.15, -0.1) is 5.10 Å². The minimum absolute atomic E-state index is 0.891.